The summed E-state index contributed by atoms with van der Waals surface area (Å²) in [6.45, 7) is 3.94. The van der Waals surface area contributed by atoms with Crippen LogP contribution in [0.3, 0.4) is 0 Å². The molecule has 19 heavy (non-hydrogen) atoms. The van der Waals surface area contributed by atoms with Gasteiger partial charge in [0.2, 0.25) is 0 Å². The van der Waals surface area contributed by atoms with Crippen LogP contribution in [-0.2, 0) is 16.3 Å². The molecular weight excluding hydrogens is 254 g/mol. The number of hydrogen-bond donors (Lipinski definition) is 1. The highest BCUT2D eigenvalue weighted by Gasteiger charge is 2.24. The van der Waals surface area contributed by atoms with Gasteiger partial charge in [0.05, 0.1) is 22.1 Å². The van der Waals surface area contributed by atoms with E-state index in [1.54, 1.807) is 0 Å². The Kier molecular flexibility index (Phi) is 4.17. The van der Waals surface area contributed by atoms with Crippen LogP contribution >= 0.6 is 0 Å². The van der Waals surface area contributed by atoms with Crippen molar-refractivity contribution < 1.29 is 4.21 Å². The third kappa shape index (κ3) is 3.52. The summed E-state index contributed by atoms with van der Waals surface area (Å²) in [6, 6.07) is 17.6. The van der Waals surface area contributed by atoms with Crippen LogP contribution < -0.4 is 5.73 Å². The second-order valence-electron chi connectivity index (χ2n) is 5.09. The van der Waals surface area contributed by atoms with E-state index in [1.807, 2.05) is 68.4 Å². The molecule has 2 rings (SSSR count). The van der Waals surface area contributed by atoms with E-state index in [-0.39, 0.29) is 0 Å². The van der Waals surface area contributed by atoms with Crippen LogP contribution in [0.15, 0.2) is 59.5 Å². The molecule has 2 N–H and O–H groups in total. The summed E-state index contributed by atoms with van der Waals surface area (Å²) in [5.41, 5.74) is 7.90. The Morgan fingerprint density at radius 2 is 1.63 bits per heavy atom. The van der Waals surface area contributed by atoms with Crippen LogP contribution in [0.1, 0.15) is 18.1 Å². The van der Waals surface area contributed by atoms with E-state index in [0.717, 1.165) is 10.5 Å². The molecule has 0 aliphatic carbocycles. The van der Waals surface area contributed by atoms with Gasteiger partial charge in [0.15, 0.2) is 0 Å². The number of hydrogen-bond acceptors (Lipinski definition) is 2. The lowest BCUT2D eigenvalue weighted by Gasteiger charge is -2.24. The van der Waals surface area contributed by atoms with Crippen LogP contribution in [0.5, 0.6) is 0 Å². The molecule has 0 aliphatic rings. The van der Waals surface area contributed by atoms with Crippen molar-refractivity contribution in [2.45, 2.75) is 24.3 Å². The summed E-state index contributed by atoms with van der Waals surface area (Å²) in [7, 11) is -1.09. The van der Waals surface area contributed by atoms with E-state index in [9.17, 15) is 4.21 Å². The minimum atomic E-state index is -1.09. The van der Waals surface area contributed by atoms with E-state index in [4.69, 9.17) is 5.73 Å². The smallest absolute Gasteiger partial charge is 0.0551 e. The van der Waals surface area contributed by atoms with E-state index < -0.39 is 16.3 Å². The third-order valence-electron chi connectivity index (χ3n) is 3.15. The van der Waals surface area contributed by atoms with Crippen molar-refractivity contribution in [3.05, 3.63) is 65.7 Å². The highest BCUT2D eigenvalue weighted by atomic mass is 32.2. The first-order valence-electron chi connectivity index (χ1n) is 6.28. The summed E-state index contributed by atoms with van der Waals surface area (Å²) in [4.78, 5) is 0.832. The fourth-order valence-corrected chi connectivity index (χ4v) is 3.27. The van der Waals surface area contributed by atoms with E-state index in [0.29, 0.717) is 5.75 Å². The summed E-state index contributed by atoms with van der Waals surface area (Å²) < 4.78 is 12.4. The molecule has 2 atom stereocenters. The van der Waals surface area contributed by atoms with Crippen LogP contribution in [0.2, 0.25) is 0 Å². The minimum Gasteiger partial charge on any atom is -0.321 e. The number of nitrogens with two attached hydrogens (primary N) is 1. The molecule has 0 saturated carbocycles. The van der Waals surface area contributed by atoms with Crippen LogP contribution in [0, 0.1) is 6.92 Å². The molecule has 2 nitrogen and oxygen atoms in total. The van der Waals surface area contributed by atoms with Crippen LogP contribution in [0.4, 0.5) is 0 Å². The minimum absolute atomic E-state index is 0.417. The van der Waals surface area contributed by atoms with Gasteiger partial charge in [-0.05, 0) is 31.5 Å². The lowest BCUT2D eigenvalue weighted by atomic mass is 9.96. The number of aryl methyl sites for hydroxylation is 1. The van der Waals surface area contributed by atoms with Gasteiger partial charge in [-0.2, -0.15) is 0 Å². The maximum atomic E-state index is 12.4. The Morgan fingerprint density at radius 1 is 1.05 bits per heavy atom. The highest BCUT2D eigenvalue weighted by molar-refractivity contribution is 7.85. The van der Waals surface area contributed by atoms with E-state index in [2.05, 4.69) is 0 Å². The van der Waals surface area contributed by atoms with Gasteiger partial charge < -0.3 is 5.73 Å². The predicted molar refractivity (Wildman–Crippen MR) is 80.4 cm³/mol. The molecule has 0 saturated heterocycles. The first-order valence-corrected chi connectivity index (χ1v) is 7.60. The van der Waals surface area contributed by atoms with E-state index in [1.165, 1.54) is 5.56 Å². The maximum absolute atomic E-state index is 12.4. The molecule has 0 radical (unpaired) electrons. The molecule has 0 aliphatic heterocycles. The average molecular weight is 273 g/mol. The molecule has 0 fully saturated rings. The van der Waals surface area contributed by atoms with Gasteiger partial charge in [0, 0.05) is 4.90 Å². The Balaban J connectivity index is 2.16. The van der Waals surface area contributed by atoms with Crippen molar-refractivity contribution in [1.82, 2.24) is 0 Å². The molecule has 0 amide bonds. The maximum Gasteiger partial charge on any atom is 0.0551 e. The Bertz CT molecular complexity index is 561. The Morgan fingerprint density at radius 3 is 2.21 bits per heavy atom. The number of benzene rings is 2. The number of rotatable bonds is 4. The fourth-order valence-electron chi connectivity index (χ4n) is 1.95. The van der Waals surface area contributed by atoms with Crippen molar-refractivity contribution in [2.75, 3.05) is 5.75 Å². The first kappa shape index (κ1) is 14.0. The van der Waals surface area contributed by atoms with Gasteiger partial charge in [0.25, 0.3) is 0 Å². The standard InChI is InChI=1S/C16H19NOS/c1-13-8-10-15(11-9-13)19(18)12-16(2,17)14-6-4-3-5-7-14/h3-11H,12,17H2,1-2H3/t16-,19-/m1/s1. The average Bonchev–Trinajstić information content (AvgIpc) is 2.40. The molecule has 2 aromatic rings. The largest absolute Gasteiger partial charge is 0.321 e. The zero-order chi connectivity index (χ0) is 13.9. The lowest BCUT2D eigenvalue weighted by Crippen LogP contribution is -2.38. The van der Waals surface area contributed by atoms with Crippen LogP contribution in [0.25, 0.3) is 0 Å². The van der Waals surface area contributed by atoms with Gasteiger partial charge >= 0.3 is 0 Å². The van der Waals surface area contributed by atoms with Crippen molar-refractivity contribution in [1.29, 1.82) is 0 Å². The molecule has 0 aromatic heterocycles. The van der Waals surface area contributed by atoms with Gasteiger partial charge in [0.1, 0.15) is 0 Å². The molecule has 0 spiro atoms. The highest BCUT2D eigenvalue weighted by Crippen LogP contribution is 2.21. The molecule has 100 valence electrons. The summed E-state index contributed by atoms with van der Waals surface area (Å²) in [6.07, 6.45) is 0. The summed E-state index contributed by atoms with van der Waals surface area (Å²) in [5.74, 6) is 0.417. The second kappa shape index (κ2) is 5.68. The van der Waals surface area contributed by atoms with Crippen molar-refractivity contribution in [3.63, 3.8) is 0 Å². The molecule has 0 heterocycles. The molecule has 2 aromatic carbocycles. The SMILES string of the molecule is Cc1ccc([S@](=O)C[C@@](C)(N)c2ccccc2)cc1. The van der Waals surface area contributed by atoms with Crippen LogP contribution in [-0.4, -0.2) is 9.96 Å². The second-order valence-corrected chi connectivity index (χ2v) is 6.54. The van der Waals surface area contributed by atoms with Gasteiger partial charge in [-0.25, -0.2) is 0 Å². The van der Waals surface area contributed by atoms with Crippen molar-refractivity contribution >= 4 is 10.8 Å². The lowest BCUT2D eigenvalue weighted by molar-refractivity contribution is 0.554. The van der Waals surface area contributed by atoms with Gasteiger partial charge in [-0.15, -0.1) is 0 Å². The zero-order valence-electron chi connectivity index (χ0n) is 11.3. The monoisotopic (exact) mass is 273 g/mol. The topological polar surface area (TPSA) is 43.1 Å². The summed E-state index contributed by atoms with van der Waals surface area (Å²) in [5, 5.41) is 0. The molecular formula is C16H19NOS. The van der Waals surface area contributed by atoms with E-state index >= 15 is 0 Å². The predicted octanol–water partition coefficient (Wildman–Crippen LogP) is 2.98. The Labute approximate surface area is 117 Å². The normalized spacial score (nSPS) is 15.7. The fraction of sp³-hybridized carbons (Fsp3) is 0.250. The third-order valence-corrected chi connectivity index (χ3v) is 4.81. The molecule has 3 heteroatoms. The van der Waals surface area contributed by atoms with Gasteiger partial charge in [-0.3, -0.25) is 4.21 Å². The van der Waals surface area contributed by atoms with Crippen molar-refractivity contribution in [2.24, 2.45) is 5.73 Å². The summed E-state index contributed by atoms with van der Waals surface area (Å²) >= 11 is 0. The van der Waals surface area contributed by atoms with Crippen molar-refractivity contribution in [3.8, 4) is 0 Å². The van der Waals surface area contributed by atoms with Gasteiger partial charge in [-0.1, -0.05) is 48.0 Å². The molecule has 0 bridgehead atoms. The zero-order valence-corrected chi connectivity index (χ0v) is 12.1. The first-order chi connectivity index (χ1) is 8.99. The quantitative estimate of drug-likeness (QED) is 0.930. The Hall–Kier alpha value is -1.45. The molecule has 0 unspecified atom stereocenters.